The zero-order valence-corrected chi connectivity index (χ0v) is 14.9. The molecule has 0 spiro atoms. The van der Waals surface area contributed by atoms with Crippen LogP contribution in [-0.2, 0) is 11.3 Å². The van der Waals surface area contributed by atoms with Gasteiger partial charge in [0.2, 0.25) is 0 Å². The second kappa shape index (κ2) is 7.53. The summed E-state index contributed by atoms with van der Waals surface area (Å²) in [5, 5.41) is 23.6. The molecule has 0 saturated heterocycles. The highest BCUT2D eigenvalue weighted by Crippen LogP contribution is 2.31. The summed E-state index contributed by atoms with van der Waals surface area (Å²) in [6, 6.07) is 9.06. The van der Waals surface area contributed by atoms with E-state index in [0.717, 1.165) is 0 Å². The molecular formula is C19H24N2O4. The van der Waals surface area contributed by atoms with E-state index < -0.39 is 17.8 Å². The Balaban J connectivity index is 2.27. The second-order valence-electron chi connectivity index (χ2n) is 6.79. The van der Waals surface area contributed by atoms with Crippen LogP contribution in [0, 0.1) is 6.92 Å². The molecule has 2 rings (SSSR count). The Morgan fingerprint density at radius 3 is 2.52 bits per heavy atom. The molecule has 1 heterocycles. The van der Waals surface area contributed by atoms with Gasteiger partial charge in [-0.2, -0.15) is 0 Å². The number of hydrogen-bond acceptors (Lipinski definition) is 5. The quantitative estimate of drug-likeness (QED) is 0.792. The Kier molecular flexibility index (Phi) is 5.64. The number of amides is 1. The molecule has 0 saturated carbocycles. The van der Waals surface area contributed by atoms with Crippen LogP contribution in [-0.4, -0.2) is 26.9 Å². The topological polar surface area (TPSA) is 91.7 Å². The Bertz CT molecular complexity index is 739. The van der Waals surface area contributed by atoms with Gasteiger partial charge >= 0.3 is 6.09 Å². The molecule has 6 heteroatoms. The van der Waals surface area contributed by atoms with Gasteiger partial charge in [0.05, 0.1) is 12.2 Å². The van der Waals surface area contributed by atoms with Crippen LogP contribution >= 0.6 is 0 Å². The molecule has 6 nitrogen and oxygen atoms in total. The first kappa shape index (κ1) is 18.7. The van der Waals surface area contributed by atoms with Gasteiger partial charge in [0.15, 0.2) is 0 Å². The second-order valence-corrected chi connectivity index (χ2v) is 6.79. The van der Waals surface area contributed by atoms with Crippen LogP contribution in [0.5, 0.6) is 5.75 Å². The smallest absolute Gasteiger partial charge is 0.407 e. The number of carbonyl (C=O) groups is 1. The molecule has 0 aliphatic carbocycles. The van der Waals surface area contributed by atoms with Crippen LogP contribution in [0.3, 0.4) is 0 Å². The number of nitrogens with one attached hydrogen (secondary N) is 1. The first-order chi connectivity index (χ1) is 11.7. The normalized spacial score (nSPS) is 12.5. The Hall–Kier alpha value is -2.60. The van der Waals surface area contributed by atoms with Crippen LogP contribution in [0.2, 0.25) is 0 Å². The molecule has 3 N–H and O–H groups in total. The van der Waals surface area contributed by atoms with Crippen LogP contribution in [0.4, 0.5) is 4.79 Å². The molecule has 134 valence electrons. The SMILES string of the molecule is Cc1ncc(C(O)c2ccccc2)c(CNC(=O)OC(C)(C)C)c1O. The van der Waals surface area contributed by atoms with Crippen molar-refractivity contribution in [2.24, 2.45) is 0 Å². The van der Waals surface area contributed by atoms with Crippen LogP contribution in [0.15, 0.2) is 36.5 Å². The van der Waals surface area contributed by atoms with Gasteiger partial charge in [-0.3, -0.25) is 4.98 Å². The summed E-state index contributed by atoms with van der Waals surface area (Å²) in [6.45, 7) is 6.98. The first-order valence-electron chi connectivity index (χ1n) is 8.06. The van der Waals surface area contributed by atoms with E-state index >= 15 is 0 Å². The van der Waals surface area contributed by atoms with Gasteiger partial charge in [0.1, 0.15) is 17.5 Å². The lowest BCUT2D eigenvalue weighted by atomic mass is 9.97. The number of aliphatic hydroxyl groups excluding tert-OH is 1. The van der Waals surface area contributed by atoms with Crippen LogP contribution in [0.1, 0.15) is 49.3 Å². The predicted octanol–water partition coefficient (Wildman–Crippen LogP) is 3.20. The van der Waals surface area contributed by atoms with Crippen molar-refractivity contribution in [3.63, 3.8) is 0 Å². The van der Waals surface area contributed by atoms with E-state index in [0.29, 0.717) is 22.4 Å². The molecule has 0 radical (unpaired) electrons. The maximum atomic E-state index is 11.9. The van der Waals surface area contributed by atoms with Crippen molar-refractivity contribution in [2.75, 3.05) is 0 Å². The molecule has 0 fully saturated rings. The summed E-state index contributed by atoms with van der Waals surface area (Å²) in [5.74, 6) is -0.0523. The van der Waals surface area contributed by atoms with Crippen molar-refractivity contribution >= 4 is 6.09 Å². The lowest BCUT2D eigenvalue weighted by Gasteiger charge is -2.21. The van der Waals surface area contributed by atoms with E-state index in [1.165, 1.54) is 6.20 Å². The maximum absolute atomic E-state index is 11.9. The zero-order chi connectivity index (χ0) is 18.6. The van der Waals surface area contributed by atoms with Crippen LogP contribution < -0.4 is 5.32 Å². The van der Waals surface area contributed by atoms with Crippen LogP contribution in [0.25, 0.3) is 0 Å². The van der Waals surface area contributed by atoms with E-state index in [-0.39, 0.29) is 12.3 Å². The number of aryl methyl sites for hydroxylation is 1. The lowest BCUT2D eigenvalue weighted by Crippen LogP contribution is -2.32. The van der Waals surface area contributed by atoms with Gasteiger partial charge in [-0.05, 0) is 33.3 Å². The van der Waals surface area contributed by atoms with Gasteiger partial charge in [0.25, 0.3) is 0 Å². The molecule has 1 atom stereocenters. The number of aromatic nitrogens is 1. The fourth-order valence-electron chi connectivity index (χ4n) is 2.37. The molecule has 1 unspecified atom stereocenters. The number of pyridine rings is 1. The third-order valence-electron chi connectivity index (χ3n) is 3.59. The predicted molar refractivity (Wildman–Crippen MR) is 94.2 cm³/mol. The number of hydrogen-bond donors (Lipinski definition) is 3. The van der Waals surface area contributed by atoms with Crippen molar-refractivity contribution < 1.29 is 19.7 Å². The molecular weight excluding hydrogens is 320 g/mol. The largest absolute Gasteiger partial charge is 0.506 e. The molecule has 0 aliphatic heterocycles. The van der Waals surface area contributed by atoms with Gasteiger partial charge < -0.3 is 20.3 Å². The highest BCUT2D eigenvalue weighted by atomic mass is 16.6. The Morgan fingerprint density at radius 2 is 1.92 bits per heavy atom. The van der Waals surface area contributed by atoms with Gasteiger partial charge in [-0.15, -0.1) is 0 Å². The fourth-order valence-corrected chi connectivity index (χ4v) is 2.37. The van der Waals surface area contributed by atoms with E-state index in [1.54, 1.807) is 39.8 Å². The summed E-state index contributed by atoms with van der Waals surface area (Å²) in [7, 11) is 0. The third kappa shape index (κ3) is 4.93. The van der Waals surface area contributed by atoms with Crippen molar-refractivity contribution in [1.29, 1.82) is 0 Å². The summed E-state index contributed by atoms with van der Waals surface area (Å²) in [4.78, 5) is 16.0. The van der Waals surface area contributed by atoms with Crippen molar-refractivity contribution in [2.45, 2.75) is 45.9 Å². The zero-order valence-electron chi connectivity index (χ0n) is 14.9. The molecule has 1 aromatic heterocycles. The highest BCUT2D eigenvalue weighted by molar-refractivity contribution is 5.68. The number of aromatic hydroxyl groups is 1. The lowest BCUT2D eigenvalue weighted by molar-refractivity contribution is 0.0522. The van der Waals surface area contributed by atoms with E-state index in [1.807, 2.05) is 18.2 Å². The van der Waals surface area contributed by atoms with Crippen molar-refractivity contribution in [3.8, 4) is 5.75 Å². The minimum Gasteiger partial charge on any atom is -0.506 e. The molecule has 0 bridgehead atoms. The number of alkyl carbamates (subject to hydrolysis) is 1. The third-order valence-corrected chi connectivity index (χ3v) is 3.59. The highest BCUT2D eigenvalue weighted by Gasteiger charge is 2.21. The Morgan fingerprint density at radius 1 is 1.28 bits per heavy atom. The number of ether oxygens (including phenoxy) is 1. The minimum atomic E-state index is -0.962. The fraction of sp³-hybridized carbons (Fsp3) is 0.368. The molecule has 1 aromatic carbocycles. The van der Waals surface area contributed by atoms with E-state index in [2.05, 4.69) is 10.3 Å². The number of nitrogens with zero attached hydrogens (tertiary/aromatic N) is 1. The van der Waals surface area contributed by atoms with E-state index in [9.17, 15) is 15.0 Å². The average molecular weight is 344 g/mol. The number of carbonyl (C=O) groups excluding carboxylic acids is 1. The molecule has 0 aliphatic rings. The number of benzene rings is 1. The molecule has 25 heavy (non-hydrogen) atoms. The van der Waals surface area contributed by atoms with Gasteiger partial charge in [-0.25, -0.2) is 4.79 Å². The summed E-state index contributed by atoms with van der Waals surface area (Å²) in [6.07, 6.45) is -0.0455. The monoisotopic (exact) mass is 344 g/mol. The standard InChI is InChI=1S/C19H24N2O4/c1-12-16(22)14(11-21-18(24)25-19(2,3)4)15(10-20-12)17(23)13-8-6-5-7-9-13/h5-10,17,22-23H,11H2,1-4H3,(H,21,24). The minimum absolute atomic E-state index is 0.0172. The first-order valence-corrected chi connectivity index (χ1v) is 8.06. The van der Waals surface area contributed by atoms with Crippen molar-refractivity contribution in [3.05, 3.63) is 58.9 Å². The summed E-state index contributed by atoms with van der Waals surface area (Å²) in [5.41, 5.74) is 1.32. The number of aliphatic hydroxyl groups is 1. The summed E-state index contributed by atoms with van der Waals surface area (Å²) < 4.78 is 5.20. The average Bonchev–Trinajstić information content (AvgIpc) is 2.54. The number of rotatable bonds is 4. The van der Waals surface area contributed by atoms with Crippen molar-refractivity contribution in [1.82, 2.24) is 10.3 Å². The van der Waals surface area contributed by atoms with E-state index in [4.69, 9.17) is 4.74 Å². The summed E-state index contributed by atoms with van der Waals surface area (Å²) >= 11 is 0. The maximum Gasteiger partial charge on any atom is 0.407 e. The molecule has 1 amide bonds. The van der Waals surface area contributed by atoms with Gasteiger partial charge in [-0.1, -0.05) is 30.3 Å². The van der Waals surface area contributed by atoms with Gasteiger partial charge in [0, 0.05) is 17.3 Å². The Labute approximate surface area is 147 Å². The molecule has 2 aromatic rings.